The highest BCUT2D eigenvalue weighted by molar-refractivity contribution is 7.47. The third-order valence-electron chi connectivity index (χ3n) is 18.3. The number of aliphatic hydroxyl groups excluding tert-OH is 1. The number of carbonyl (C=O) groups excluding carboxylic acids is 4. The molecule has 0 fully saturated rings. The van der Waals surface area contributed by atoms with Crippen molar-refractivity contribution in [1.29, 1.82) is 0 Å². The van der Waals surface area contributed by atoms with E-state index in [0.717, 1.165) is 114 Å². The summed E-state index contributed by atoms with van der Waals surface area (Å²) in [6, 6.07) is 0. The molecule has 0 aliphatic carbocycles. The van der Waals surface area contributed by atoms with Crippen molar-refractivity contribution in [2.45, 2.75) is 401 Å². The highest BCUT2D eigenvalue weighted by Gasteiger charge is 2.30. The maximum atomic E-state index is 13.1. The fourth-order valence-electron chi connectivity index (χ4n) is 11.5. The fraction of sp³-hybridized carbons (Fsp3) is 0.947. The number of phosphoric ester groups is 2. The first-order chi connectivity index (χ1) is 45.7. The summed E-state index contributed by atoms with van der Waals surface area (Å²) in [4.78, 5) is 72.8. The Kier molecular flexibility index (Phi) is 64.0. The van der Waals surface area contributed by atoms with Crippen molar-refractivity contribution in [2.75, 3.05) is 39.6 Å². The van der Waals surface area contributed by atoms with Gasteiger partial charge in [0.25, 0.3) is 0 Å². The van der Waals surface area contributed by atoms with Crippen LogP contribution in [0.2, 0.25) is 0 Å². The van der Waals surface area contributed by atoms with Gasteiger partial charge in [0, 0.05) is 25.7 Å². The molecule has 0 radical (unpaired) electrons. The van der Waals surface area contributed by atoms with Gasteiger partial charge in [0.05, 0.1) is 26.4 Å². The summed E-state index contributed by atoms with van der Waals surface area (Å²) in [5, 5.41) is 10.6. The molecule has 0 amide bonds. The topological polar surface area (TPSA) is 237 Å². The molecule has 0 aliphatic heterocycles. The molecule has 95 heavy (non-hydrogen) atoms. The second-order valence-electron chi connectivity index (χ2n) is 28.8. The van der Waals surface area contributed by atoms with Gasteiger partial charge in [-0.3, -0.25) is 37.3 Å². The van der Waals surface area contributed by atoms with Crippen LogP contribution in [0.1, 0.15) is 383 Å². The second-order valence-corrected chi connectivity index (χ2v) is 31.7. The van der Waals surface area contributed by atoms with Gasteiger partial charge in [-0.2, -0.15) is 0 Å². The summed E-state index contributed by atoms with van der Waals surface area (Å²) >= 11 is 0. The average molecular weight is 1400 g/mol. The van der Waals surface area contributed by atoms with Crippen LogP contribution in [-0.4, -0.2) is 96.7 Å². The Balaban J connectivity index is 5.24. The molecule has 0 heterocycles. The smallest absolute Gasteiger partial charge is 0.462 e. The van der Waals surface area contributed by atoms with Crippen LogP contribution in [0, 0.1) is 23.7 Å². The van der Waals surface area contributed by atoms with Crippen LogP contribution < -0.4 is 0 Å². The van der Waals surface area contributed by atoms with E-state index in [0.29, 0.717) is 31.6 Å². The summed E-state index contributed by atoms with van der Waals surface area (Å²) < 4.78 is 68.5. The van der Waals surface area contributed by atoms with Gasteiger partial charge in [0.1, 0.15) is 19.3 Å². The van der Waals surface area contributed by atoms with E-state index in [9.17, 15) is 43.2 Å². The van der Waals surface area contributed by atoms with Crippen LogP contribution in [0.3, 0.4) is 0 Å². The van der Waals surface area contributed by atoms with Gasteiger partial charge in [0.15, 0.2) is 12.2 Å². The van der Waals surface area contributed by atoms with Crippen molar-refractivity contribution < 1.29 is 80.2 Å². The lowest BCUT2D eigenvalue weighted by molar-refractivity contribution is -0.161. The van der Waals surface area contributed by atoms with Gasteiger partial charge in [-0.25, -0.2) is 9.13 Å². The molecule has 17 nitrogen and oxygen atoms in total. The molecule has 0 aromatic heterocycles. The molecule has 0 aromatic rings. The van der Waals surface area contributed by atoms with Crippen molar-refractivity contribution in [3.05, 3.63) is 0 Å². The quantitative estimate of drug-likeness (QED) is 0.0222. The highest BCUT2D eigenvalue weighted by Crippen LogP contribution is 2.45. The first-order valence-electron chi connectivity index (χ1n) is 39.3. The number of hydrogen-bond acceptors (Lipinski definition) is 15. The van der Waals surface area contributed by atoms with Gasteiger partial charge >= 0.3 is 39.5 Å². The number of aliphatic hydroxyl groups is 1. The molecule has 564 valence electrons. The summed E-state index contributed by atoms with van der Waals surface area (Å²) in [6.07, 6.45) is 49.9. The molecule has 19 heteroatoms. The van der Waals surface area contributed by atoms with Gasteiger partial charge < -0.3 is 33.8 Å². The molecular weight excluding hydrogens is 1250 g/mol. The molecule has 3 N–H and O–H groups in total. The summed E-state index contributed by atoms with van der Waals surface area (Å²) in [5.74, 6) is 0.983. The Hall–Kier alpha value is -1.94. The third kappa shape index (κ3) is 67.6. The minimum absolute atomic E-state index is 0.106. The maximum Gasteiger partial charge on any atom is 0.472 e. The Labute approximate surface area is 581 Å². The SMILES string of the molecule is CCC(C)CCCCCCCCCCCCCCCCC(=O)O[C@H](COC(=O)CCCCCCCCCC(C)C)COP(=O)(O)OCC(O)COP(=O)(O)OC[C@@H](COC(=O)CCCCCCCCCCC(C)CC)OC(=O)CCCCCCCCCCCCCCC(C)C. The molecule has 0 aliphatic rings. The Morgan fingerprint density at radius 2 is 0.505 bits per heavy atom. The fourth-order valence-corrected chi connectivity index (χ4v) is 13.1. The van der Waals surface area contributed by atoms with E-state index in [1.165, 1.54) is 180 Å². The van der Waals surface area contributed by atoms with Crippen molar-refractivity contribution in [2.24, 2.45) is 23.7 Å². The zero-order valence-corrected chi connectivity index (χ0v) is 64.1. The average Bonchev–Trinajstić information content (AvgIpc) is 1.82. The summed E-state index contributed by atoms with van der Waals surface area (Å²) in [7, 11) is -9.91. The van der Waals surface area contributed by atoms with Crippen molar-refractivity contribution in [1.82, 2.24) is 0 Å². The number of unbranched alkanes of at least 4 members (excludes halogenated alkanes) is 37. The van der Waals surface area contributed by atoms with Crippen LogP contribution in [-0.2, 0) is 65.4 Å². The molecule has 0 aromatic carbocycles. The maximum absolute atomic E-state index is 13.1. The summed E-state index contributed by atoms with van der Waals surface area (Å²) in [6.45, 7) is 14.2. The molecule has 5 unspecified atom stereocenters. The summed E-state index contributed by atoms with van der Waals surface area (Å²) in [5.41, 5.74) is 0. The predicted octanol–water partition coefficient (Wildman–Crippen LogP) is 22.0. The number of hydrogen-bond donors (Lipinski definition) is 3. The lowest BCUT2D eigenvalue weighted by atomic mass is 9.99. The van der Waals surface area contributed by atoms with E-state index in [1.807, 2.05) is 0 Å². The monoisotopic (exact) mass is 1400 g/mol. The highest BCUT2D eigenvalue weighted by atomic mass is 31.2. The van der Waals surface area contributed by atoms with E-state index >= 15 is 0 Å². The molecule has 0 bridgehead atoms. The lowest BCUT2D eigenvalue weighted by Gasteiger charge is -2.21. The lowest BCUT2D eigenvalue weighted by Crippen LogP contribution is -2.30. The van der Waals surface area contributed by atoms with Crippen molar-refractivity contribution in [3.8, 4) is 0 Å². The van der Waals surface area contributed by atoms with Gasteiger partial charge in [-0.1, -0.05) is 331 Å². The van der Waals surface area contributed by atoms with E-state index in [-0.39, 0.29) is 25.7 Å². The third-order valence-corrected chi connectivity index (χ3v) is 20.2. The standard InChI is InChI=1S/C76H148O17P2/c1-9-68(7)54-46-38-30-22-18-13-11-12-14-19-23-33-42-50-58-75(80)93-72(63-87-74(79)57-49-41-35-27-29-37-45-53-67(5)6)65-91-95(84,85)89-61-70(77)60-88-94(82,83)90-64-71(62-86-73(78)56-48-40-32-26-25-31-39-47-55-69(8)10-2)92-76(81)59-51-43-34-24-20-16-15-17-21-28-36-44-52-66(3)4/h66-72,77H,9-65H2,1-8H3,(H,82,83)(H,84,85)/t68?,69?,70?,71-,72-/m1/s1. The number of carbonyl (C=O) groups is 4. The Bertz CT molecular complexity index is 1870. The van der Waals surface area contributed by atoms with Crippen LogP contribution in [0.15, 0.2) is 0 Å². The molecular formula is C76H148O17P2. The second kappa shape index (κ2) is 65.4. The molecule has 0 saturated carbocycles. The van der Waals surface area contributed by atoms with Gasteiger partial charge in [-0.05, 0) is 49.4 Å². The Morgan fingerprint density at radius 3 is 0.747 bits per heavy atom. The van der Waals surface area contributed by atoms with Crippen LogP contribution >= 0.6 is 15.6 Å². The van der Waals surface area contributed by atoms with Crippen LogP contribution in [0.5, 0.6) is 0 Å². The molecule has 0 saturated heterocycles. The molecule has 0 rings (SSSR count). The zero-order valence-electron chi connectivity index (χ0n) is 62.3. The minimum Gasteiger partial charge on any atom is -0.462 e. The van der Waals surface area contributed by atoms with Crippen LogP contribution in [0.25, 0.3) is 0 Å². The largest absolute Gasteiger partial charge is 0.472 e. The molecule has 7 atom stereocenters. The number of phosphoric acid groups is 2. The van der Waals surface area contributed by atoms with Crippen molar-refractivity contribution >= 4 is 39.5 Å². The number of rotatable bonds is 73. The van der Waals surface area contributed by atoms with Crippen molar-refractivity contribution in [3.63, 3.8) is 0 Å². The Morgan fingerprint density at radius 1 is 0.295 bits per heavy atom. The van der Waals surface area contributed by atoms with E-state index in [4.69, 9.17) is 37.0 Å². The first-order valence-corrected chi connectivity index (χ1v) is 42.3. The number of ether oxygens (including phenoxy) is 4. The predicted molar refractivity (Wildman–Crippen MR) is 386 cm³/mol. The van der Waals surface area contributed by atoms with Crippen LogP contribution in [0.4, 0.5) is 0 Å². The number of esters is 4. The minimum atomic E-state index is -4.96. The normalized spacial score (nSPS) is 14.7. The van der Waals surface area contributed by atoms with E-state index < -0.39 is 97.5 Å². The first kappa shape index (κ1) is 93.1. The molecule has 0 spiro atoms. The zero-order chi connectivity index (χ0) is 70.3. The van der Waals surface area contributed by atoms with Gasteiger partial charge in [0.2, 0.25) is 0 Å². The van der Waals surface area contributed by atoms with Gasteiger partial charge in [-0.15, -0.1) is 0 Å². The van der Waals surface area contributed by atoms with E-state index in [2.05, 4.69) is 55.4 Å². The van der Waals surface area contributed by atoms with E-state index in [1.54, 1.807) is 0 Å².